The van der Waals surface area contributed by atoms with Gasteiger partial charge in [0.15, 0.2) is 0 Å². The second kappa shape index (κ2) is 15.4. The average molecular weight is 643 g/mol. The highest BCUT2D eigenvalue weighted by molar-refractivity contribution is 7.14. The maximum atomic E-state index is 12.1. The SMILES string of the molecule is CCCCCCCCC1(CCCCCCCC)c2cc(-c3sccc3C(=O)O)ccc2-c2ccc(-c3sccc3C(=O)O)cc21. The molecule has 0 saturated heterocycles. The first-order chi connectivity index (χ1) is 21.9. The lowest BCUT2D eigenvalue weighted by atomic mass is 9.70. The van der Waals surface area contributed by atoms with Gasteiger partial charge in [0, 0.05) is 15.2 Å². The number of fused-ring (bicyclic) bond motifs is 3. The molecule has 0 fully saturated rings. The van der Waals surface area contributed by atoms with Crippen molar-refractivity contribution in [3.05, 3.63) is 81.5 Å². The van der Waals surface area contributed by atoms with Crippen LogP contribution in [0.25, 0.3) is 32.0 Å². The summed E-state index contributed by atoms with van der Waals surface area (Å²) in [6.07, 6.45) is 16.8. The topological polar surface area (TPSA) is 74.6 Å². The van der Waals surface area contributed by atoms with Crippen molar-refractivity contribution in [2.75, 3.05) is 0 Å². The third-order valence-electron chi connectivity index (χ3n) is 9.59. The Hall–Kier alpha value is -3.22. The summed E-state index contributed by atoms with van der Waals surface area (Å²) in [6, 6.07) is 16.6. The first-order valence-corrected chi connectivity index (χ1v) is 18.6. The summed E-state index contributed by atoms with van der Waals surface area (Å²) < 4.78 is 0. The Kier molecular flexibility index (Phi) is 11.3. The number of hydrogen-bond acceptors (Lipinski definition) is 4. The monoisotopic (exact) mass is 642 g/mol. The minimum atomic E-state index is -0.893. The van der Waals surface area contributed by atoms with Crippen molar-refractivity contribution in [1.29, 1.82) is 0 Å². The Labute approximate surface area is 276 Å². The molecule has 2 heterocycles. The molecule has 2 aromatic heterocycles. The Bertz CT molecular complexity index is 1490. The van der Waals surface area contributed by atoms with Gasteiger partial charge in [-0.1, -0.05) is 115 Å². The van der Waals surface area contributed by atoms with Gasteiger partial charge >= 0.3 is 11.9 Å². The summed E-state index contributed by atoms with van der Waals surface area (Å²) in [5.41, 5.74) is 7.53. The molecule has 0 spiro atoms. The Morgan fingerprint density at radius 2 is 0.978 bits per heavy atom. The Morgan fingerprint density at radius 3 is 1.38 bits per heavy atom. The zero-order valence-electron chi connectivity index (χ0n) is 26.7. The molecular formula is C39H46O4S2. The van der Waals surface area contributed by atoms with E-state index in [1.807, 2.05) is 10.8 Å². The van der Waals surface area contributed by atoms with Crippen molar-refractivity contribution in [2.24, 2.45) is 0 Å². The van der Waals surface area contributed by atoms with Crippen molar-refractivity contribution >= 4 is 34.6 Å². The lowest BCUT2D eigenvalue weighted by molar-refractivity contribution is 0.0687. The van der Waals surface area contributed by atoms with Crippen LogP contribution in [0.5, 0.6) is 0 Å². The van der Waals surface area contributed by atoms with Gasteiger partial charge in [-0.3, -0.25) is 0 Å². The van der Waals surface area contributed by atoms with Crippen LogP contribution in [0.1, 0.15) is 136 Å². The lowest BCUT2D eigenvalue weighted by Crippen LogP contribution is -2.25. The highest BCUT2D eigenvalue weighted by Crippen LogP contribution is 2.56. The molecule has 0 amide bonds. The smallest absolute Gasteiger partial charge is 0.337 e. The maximum absolute atomic E-state index is 12.1. The van der Waals surface area contributed by atoms with E-state index in [1.54, 1.807) is 12.1 Å². The van der Waals surface area contributed by atoms with E-state index in [0.29, 0.717) is 11.1 Å². The molecular weight excluding hydrogens is 597 g/mol. The summed E-state index contributed by atoms with van der Waals surface area (Å²) >= 11 is 2.98. The average Bonchev–Trinajstić information content (AvgIpc) is 3.78. The molecule has 0 aliphatic heterocycles. The number of hydrogen-bond donors (Lipinski definition) is 2. The zero-order chi connectivity index (χ0) is 31.8. The van der Waals surface area contributed by atoms with E-state index < -0.39 is 11.9 Å². The van der Waals surface area contributed by atoms with Crippen LogP contribution in [0, 0.1) is 0 Å². The fraction of sp³-hybridized carbons (Fsp3) is 0.436. The lowest BCUT2D eigenvalue weighted by Gasteiger charge is -2.33. The Balaban J connectivity index is 1.61. The zero-order valence-corrected chi connectivity index (χ0v) is 28.3. The number of carboxylic acid groups (broad SMARTS) is 2. The molecule has 4 nitrogen and oxygen atoms in total. The van der Waals surface area contributed by atoms with E-state index in [9.17, 15) is 19.8 Å². The van der Waals surface area contributed by atoms with E-state index in [2.05, 4.69) is 50.2 Å². The predicted octanol–water partition coefficient (Wildman–Crippen LogP) is 12.3. The molecule has 4 aromatic rings. The van der Waals surface area contributed by atoms with Crippen molar-refractivity contribution in [3.63, 3.8) is 0 Å². The van der Waals surface area contributed by atoms with Gasteiger partial charge < -0.3 is 10.2 Å². The highest BCUT2D eigenvalue weighted by Gasteiger charge is 2.43. The minimum absolute atomic E-state index is 0.201. The molecule has 2 N–H and O–H groups in total. The van der Waals surface area contributed by atoms with Gasteiger partial charge in [-0.25, -0.2) is 9.59 Å². The predicted molar refractivity (Wildman–Crippen MR) is 189 cm³/mol. The van der Waals surface area contributed by atoms with Crippen molar-refractivity contribution in [2.45, 2.75) is 109 Å². The van der Waals surface area contributed by atoms with Crippen molar-refractivity contribution < 1.29 is 19.8 Å². The van der Waals surface area contributed by atoms with E-state index in [0.717, 1.165) is 46.6 Å². The molecule has 0 saturated carbocycles. The first kappa shape index (κ1) is 33.2. The highest BCUT2D eigenvalue weighted by atomic mass is 32.1. The molecule has 0 bridgehead atoms. The maximum Gasteiger partial charge on any atom is 0.337 e. The largest absolute Gasteiger partial charge is 0.478 e. The first-order valence-electron chi connectivity index (χ1n) is 16.8. The molecule has 238 valence electrons. The molecule has 0 radical (unpaired) electrons. The third kappa shape index (κ3) is 7.12. The summed E-state index contributed by atoms with van der Waals surface area (Å²) in [6.45, 7) is 4.51. The number of rotatable bonds is 18. The van der Waals surface area contributed by atoms with Crippen LogP contribution in [0.15, 0.2) is 59.3 Å². The van der Waals surface area contributed by atoms with Crippen LogP contribution in [0.4, 0.5) is 0 Å². The van der Waals surface area contributed by atoms with Crippen LogP contribution in [0.3, 0.4) is 0 Å². The van der Waals surface area contributed by atoms with Gasteiger partial charge in [-0.05, 0) is 81.2 Å². The summed E-state index contributed by atoms with van der Waals surface area (Å²) in [5, 5.41) is 23.6. The standard InChI is InChI=1S/C39H46O4S2/c1-3-5-7-9-11-13-21-39(22-14-12-10-8-6-4-2)33-25-27(35-31(37(40)41)19-23-44-35)15-17-29(33)30-18-16-28(26-34(30)39)36-32(38(42)43)20-24-45-36/h15-20,23-26H,3-14,21-22H2,1-2H3,(H,40,41)(H,42,43). The molecule has 2 aromatic carbocycles. The number of thiophene rings is 2. The summed E-state index contributed by atoms with van der Waals surface area (Å²) in [7, 11) is 0. The van der Waals surface area contributed by atoms with Crippen LogP contribution >= 0.6 is 22.7 Å². The fourth-order valence-corrected chi connectivity index (χ4v) is 9.03. The van der Waals surface area contributed by atoms with E-state index in [-0.39, 0.29) is 5.41 Å². The molecule has 5 rings (SSSR count). The van der Waals surface area contributed by atoms with Crippen molar-refractivity contribution in [1.82, 2.24) is 0 Å². The number of unbranched alkanes of at least 4 members (excludes halogenated alkanes) is 10. The number of carboxylic acids is 2. The number of benzene rings is 2. The van der Waals surface area contributed by atoms with E-state index >= 15 is 0 Å². The van der Waals surface area contributed by atoms with E-state index in [1.165, 1.54) is 109 Å². The molecule has 0 unspecified atom stereocenters. The van der Waals surface area contributed by atoms with Gasteiger partial charge in [-0.15, -0.1) is 22.7 Å². The quantitative estimate of drug-likeness (QED) is 0.106. The number of carbonyl (C=O) groups is 2. The van der Waals surface area contributed by atoms with Gasteiger partial charge in [0.2, 0.25) is 0 Å². The van der Waals surface area contributed by atoms with Crippen molar-refractivity contribution in [3.8, 4) is 32.0 Å². The molecule has 1 aliphatic rings. The number of aromatic carboxylic acids is 2. The van der Waals surface area contributed by atoms with Crippen LogP contribution in [-0.4, -0.2) is 22.2 Å². The van der Waals surface area contributed by atoms with Crippen LogP contribution < -0.4 is 0 Å². The van der Waals surface area contributed by atoms with Crippen LogP contribution in [0.2, 0.25) is 0 Å². The van der Waals surface area contributed by atoms with Gasteiger partial charge in [-0.2, -0.15) is 0 Å². The van der Waals surface area contributed by atoms with Crippen LogP contribution in [-0.2, 0) is 5.41 Å². The van der Waals surface area contributed by atoms with E-state index in [4.69, 9.17) is 0 Å². The van der Waals surface area contributed by atoms with Gasteiger partial charge in [0.05, 0.1) is 11.1 Å². The Morgan fingerprint density at radius 1 is 0.578 bits per heavy atom. The molecule has 1 aliphatic carbocycles. The van der Waals surface area contributed by atoms with Gasteiger partial charge in [0.25, 0.3) is 0 Å². The summed E-state index contributed by atoms with van der Waals surface area (Å²) in [5.74, 6) is -1.79. The fourth-order valence-electron chi connectivity index (χ4n) is 7.26. The second-order valence-corrected chi connectivity index (χ2v) is 14.4. The molecule has 45 heavy (non-hydrogen) atoms. The normalized spacial score (nSPS) is 13.1. The molecule has 6 heteroatoms. The minimum Gasteiger partial charge on any atom is -0.478 e. The second-order valence-electron chi connectivity index (χ2n) is 12.6. The van der Waals surface area contributed by atoms with Gasteiger partial charge in [0.1, 0.15) is 0 Å². The summed E-state index contributed by atoms with van der Waals surface area (Å²) in [4.78, 5) is 25.8. The molecule has 0 atom stereocenters. The third-order valence-corrected chi connectivity index (χ3v) is 11.5.